The minimum absolute atomic E-state index is 0.177. The van der Waals surface area contributed by atoms with E-state index in [9.17, 15) is 4.79 Å². The van der Waals surface area contributed by atoms with Gasteiger partial charge in [0.25, 0.3) is 5.56 Å². The number of fused-ring (bicyclic) bond motifs is 1. The maximum atomic E-state index is 11.9. The SMILES string of the molecule is COCCn1c(=S)[nH]c2nc[nH]c2c1=O. The monoisotopic (exact) mass is 226 g/mol. The molecule has 0 saturated heterocycles. The van der Waals surface area contributed by atoms with Crippen molar-refractivity contribution in [3.8, 4) is 0 Å². The lowest BCUT2D eigenvalue weighted by atomic mass is 10.5. The number of rotatable bonds is 3. The Morgan fingerprint density at radius 3 is 3.20 bits per heavy atom. The van der Waals surface area contributed by atoms with E-state index in [0.29, 0.717) is 29.1 Å². The minimum atomic E-state index is -0.177. The smallest absolute Gasteiger partial charge is 0.280 e. The molecule has 2 aromatic heterocycles. The highest BCUT2D eigenvalue weighted by atomic mass is 32.1. The number of hydrogen-bond donors (Lipinski definition) is 2. The molecule has 6 nitrogen and oxygen atoms in total. The van der Waals surface area contributed by atoms with Crippen LogP contribution in [0, 0.1) is 4.77 Å². The van der Waals surface area contributed by atoms with Crippen molar-refractivity contribution in [3.63, 3.8) is 0 Å². The standard InChI is InChI=1S/C8H10N4O2S/c1-14-3-2-12-7(13)5-6(10-4-9-5)11-8(12)15/h4H,2-3H2,1H3,(H,9,10)(H,11,15). The molecule has 80 valence electrons. The first-order chi connectivity index (χ1) is 7.24. The van der Waals surface area contributed by atoms with E-state index in [1.165, 1.54) is 10.9 Å². The van der Waals surface area contributed by atoms with Gasteiger partial charge < -0.3 is 14.7 Å². The van der Waals surface area contributed by atoms with E-state index in [-0.39, 0.29) is 5.56 Å². The van der Waals surface area contributed by atoms with Crippen LogP contribution >= 0.6 is 12.2 Å². The Morgan fingerprint density at radius 1 is 1.67 bits per heavy atom. The summed E-state index contributed by atoms with van der Waals surface area (Å²) in [5.74, 6) is 0. The van der Waals surface area contributed by atoms with Crippen LogP contribution in [0.2, 0.25) is 0 Å². The second-order valence-corrected chi connectivity index (χ2v) is 3.39. The Kier molecular flexibility index (Phi) is 2.65. The molecule has 15 heavy (non-hydrogen) atoms. The molecule has 0 saturated carbocycles. The Hall–Kier alpha value is -1.47. The molecule has 0 atom stereocenters. The van der Waals surface area contributed by atoms with Crippen LogP contribution in [0.15, 0.2) is 11.1 Å². The van der Waals surface area contributed by atoms with Crippen LogP contribution in [0.1, 0.15) is 0 Å². The van der Waals surface area contributed by atoms with Gasteiger partial charge >= 0.3 is 0 Å². The van der Waals surface area contributed by atoms with Crippen LogP contribution in [0.5, 0.6) is 0 Å². The van der Waals surface area contributed by atoms with Gasteiger partial charge in [0, 0.05) is 7.11 Å². The van der Waals surface area contributed by atoms with Gasteiger partial charge in [0.05, 0.1) is 19.5 Å². The molecular formula is C8H10N4O2S. The van der Waals surface area contributed by atoms with Gasteiger partial charge in [0.2, 0.25) is 0 Å². The summed E-state index contributed by atoms with van der Waals surface area (Å²) in [5, 5.41) is 0. The Bertz CT molecular complexity index is 582. The van der Waals surface area contributed by atoms with E-state index in [4.69, 9.17) is 17.0 Å². The molecule has 0 fully saturated rings. The molecule has 0 aliphatic carbocycles. The summed E-state index contributed by atoms with van der Waals surface area (Å²) in [6.07, 6.45) is 1.46. The van der Waals surface area contributed by atoms with E-state index in [1.54, 1.807) is 7.11 Å². The van der Waals surface area contributed by atoms with E-state index < -0.39 is 0 Å². The summed E-state index contributed by atoms with van der Waals surface area (Å²) in [6.45, 7) is 0.872. The van der Waals surface area contributed by atoms with Crippen molar-refractivity contribution in [2.24, 2.45) is 0 Å². The summed E-state index contributed by atoms with van der Waals surface area (Å²) in [7, 11) is 1.58. The summed E-state index contributed by atoms with van der Waals surface area (Å²) < 4.78 is 6.71. The first kappa shape index (κ1) is 10.1. The topological polar surface area (TPSA) is 75.7 Å². The van der Waals surface area contributed by atoms with Gasteiger partial charge in [0.15, 0.2) is 10.4 Å². The molecule has 2 heterocycles. The largest absolute Gasteiger partial charge is 0.383 e. The van der Waals surface area contributed by atoms with Crippen LogP contribution < -0.4 is 5.56 Å². The lowest BCUT2D eigenvalue weighted by Gasteiger charge is -2.04. The van der Waals surface area contributed by atoms with Crippen molar-refractivity contribution >= 4 is 23.4 Å². The van der Waals surface area contributed by atoms with Gasteiger partial charge in [-0.1, -0.05) is 0 Å². The maximum absolute atomic E-state index is 11.9. The summed E-state index contributed by atoms with van der Waals surface area (Å²) >= 11 is 5.04. The molecule has 0 unspecified atom stereocenters. The molecule has 0 amide bonds. The first-order valence-electron chi connectivity index (χ1n) is 4.39. The van der Waals surface area contributed by atoms with Crippen LogP contribution in [0.4, 0.5) is 0 Å². The van der Waals surface area contributed by atoms with Crippen molar-refractivity contribution in [2.75, 3.05) is 13.7 Å². The summed E-state index contributed by atoms with van der Waals surface area (Å²) in [5.41, 5.74) is 0.738. The number of nitrogens with zero attached hydrogens (tertiary/aromatic N) is 2. The number of aromatic amines is 2. The number of imidazole rings is 1. The quantitative estimate of drug-likeness (QED) is 0.744. The lowest BCUT2D eigenvalue weighted by molar-refractivity contribution is 0.185. The molecule has 0 radical (unpaired) electrons. The zero-order valence-corrected chi connectivity index (χ0v) is 8.93. The van der Waals surface area contributed by atoms with Gasteiger partial charge in [0.1, 0.15) is 5.52 Å². The molecule has 0 spiro atoms. The minimum Gasteiger partial charge on any atom is -0.383 e. The molecule has 0 aliphatic rings. The van der Waals surface area contributed by atoms with Crippen molar-refractivity contribution in [3.05, 3.63) is 21.5 Å². The van der Waals surface area contributed by atoms with Gasteiger partial charge in [-0.25, -0.2) is 4.98 Å². The summed E-state index contributed by atoms with van der Waals surface area (Å²) in [6, 6.07) is 0. The van der Waals surface area contributed by atoms with Crippen molar-refractivity contribution in [2.45, 2.75) is 6.54 Å². The van der Waals surface area contributed by atoms with Crippen LogP contribution in [-0.2, 0) is 11.3 Å². The molecule has 0 bridgehead atoms. The van der Waals surface area contributed by atoms with E-state index in [0.717, 1.165) is 0 Å². The third kappa shape index (κ3) is 1.71. The fraction of sp³-hybridized carbons (Fsp3) is 0.375. The average molecular weight is 226 g/mol. The molecule has 7 heteroatoms. The van der Waals surface area contributed by atoms with Gasteiger partial charge in [-0.05, 0) is 12.2 Å². The molecule has 2 rings (SSSR count). The third-order valence-electron chi connectivity index (χ3n) is 2.09. The number of aromatic nitrogens is 4. The predicted molar refractivity (Wildman–Crippen MR) is 57.4 cm³/mol. The zero-order chi connectivity index (χ0) is 10.8. The highest BCUT2D eigenvalue weighted by molar-refractivity contribution is 7.71. The highest BCUT2D eigenvalue weighted by Crippen LogP contribution is 1.99. The van der Waals surface area contributed by atoms with Crippen molar-refractivity contribution in [1.82, 2.24) is 19.5 Å². The second kappa shape index (κ2) is 3.95. The van der Waals surface area contributed by atoms with Crippen LogP contribution in [-0.4, -0.2) is 33.2 Å². The fourth-order valence-electron chi connectivity index (χ4n) is 1.33. The van der Waals surface area contributed by atoms with E-state index in [1.807, 2.05) is 0 Å². The maximum Gasteiger partial charge on any atom is 0.280 e. The Labute approximate surface area is 89.9 Å². The highest BCUT2D eigenvalue weighted by Gasteiger charge is 2.06. The van der Waals surface area contributed by atoms with Crippen molar-refractivity contribution < 1.29 is 4.74 Å². The second-order valence-electron chi connectivity index (χ2n) is 3.01. The fourth-order valence-corrected chi connectivity index (χ4v) is 1.60. The van der Waals surface area contributed by atoms with Gasteiger partial charge in [-0.3, -0.25) is 9.36 Å². The van der Waals surface area contributed by atoms with Crippen LogP contribution in [0.3, 0.4) is 0 Å². The number of ether oxygens (including phenoxy) is 1. The summed E-state index contributed by atoms with van der Waals surface area (Å²) in [4.78, 5) is 21.4. The molecule has 2 N–H and O–H groups in total. The lowest BCUT2D eigenvalue weighted by Crippen LogP contribution is -2.24. The molecule has 2 aromatic rings. The molecular weight excluding hydrogens is 216 g/mol. The van der Waals surface area contributed by atoms with E-state index >= 15 is 0 Å². The Balaban J connectivity index is 2.62. The van der Waals surface area contributed by atoms with E-state index in [2.05, 4.69) is 15.0 Å². The zero-order valence-electron chi connectivity index (χ0n) is 8.11. The first-order valence-corrected chi connectivity index (χ1v) is 4.80. The van der Waals surface area contributed by atoms with Crippen LogP contribution in [0.25, 0.3) is 11.2 Å². The number of H-pyrrole nitrogens is 2. The number of nitrogens with one attached hydrogen (secondary N) is 2. The Morgan fingerprint density at radius 2 is 2.47 bits per heavy atom. The molecule has 0 aliphatic heterocycles. The van der Waals surface area contributed by atoms with Gasteiger partial charge in [-0.2, -0.15) is 0 Å². The van der Waals surface area contributed by atoms with Crippen molar-refractivity contribution in [1.29, 1.82) is 0 Å². The normalized spacial score (nSPS) is 11.0. The number of hydrogen-bond acceptors (Lipinski definition) is 4. The third-order valence-corrected chi connectivity index (χ3v) is 2.41. The predicted octanol–water partition coefficient (Wildman–Crippen LogP) is 0.429. The molecule has 0 aromatic carbocycles. The average Bonchev–Trinajstić information content (AvgIpc) is 2.65. The number of methoxy groups -OCH3 is 1. The van der Waals surface area contributed by atoms with Gasteiger partial charge in [-0.15, -0.1) is 0 Å².